The molecule has 1 aliphatic heterocycles. The standard InChI is InChI=1S/C18H18N2O3S/c21-14(12-6-2-1-3-7-12)11-19-17(22)10-16-18(23)20-13-8-4-5-9-15(13)24-16/h1-9,14,16,21H,10-11H2,(H,19,22)(H,20,23). The second kappa shape index (κ2) is 7.51. The number of aliphatic hydroxyl groups is 1. The molecule has 124 valence electrons. The highest BCUT2D eigenvalue weighted by atomic mass is 32.2. The number of nitrogens with one attached hydrogen (secondary N) is 2. The molecule has 5 nitrogen and oxygen atoms in total. The summed E-state index contributed by atoms with van der Waals surface area (Å²) in [5.41, 5.74) is 1.53. The van der Waals surface area contributed by atoms with E-state index < -0.39 is 11.4 Å². The molecule has 2 unspecified atom stereocenters. The average Bonchev–Trinajstić information content (AvgIpc) is 2.61. The fourth-order valence-corrected chi connectivity index (χ4v) is 3.58. The summed E-state index contributed by atoms with van der Waals surface area (Å²) in [5, 5.41) is 15.1. The van der Waals surface area contributed by atoms with E-state index in [9.17, 15) is 14.7 Å². The molecule has 3 N–H and O–H groups in total. The number of hydrogen-bond acceptors (Lipinski definition) is 4. The van der Waals surface area contributed by atoms with Gasteiger partial charge >= 0.3 is 0 Å². The summed E-state index contributed by atoms with van der Waals surface area (Å²) in [4.78, 5) is 25.1. The smallest absolute Gasteiger partial charge is 0.238 e. The Morgan fingerprint density at radius 1 is 1.17 bits per heavy atom. The Balaban J connectivity index is 1.53. The zero-order valence-electron chi connectivity index (χ0n) is 12.9. The van der Waals surface area contributed by atoms with E-state index in [1.54, 1.807) is 12.1 Å². The number of hydrogen-bond donors (Lipinski definition) is 3. The topological polar surface area (TPSA) is 78.4 Å². The molecule has 24 heavy (non-hydrogen) atoms. The normalized spacial score (nSPS) is 17.5. The van der Waals surface area contributed by atoms with Gasteiger partial charge in [-0.3, -0.25) is 9.59 Å². The minimum absolute atomic E-state index is 0.0757. The van der Waals surface area contributed by atoms with E-state index in [2.05, 4.69) is 10.6 Å². The first-order chi connectivity index (χ1) is 11.6. The van der Waals surface area contributed by atoms with Crippen molar-refractivity contribution in [1.29, 1.82) is 0 Å². The zero-order valence-corrected chi connectivity index (χ0v) is 13.8. The number of rotatable bonds is 5. The first-order valence-electron chi connectivity index (χ1n) is 7.70. The van der Waals surface area contributed by atoms with E-state index >= 15 is 0 Å². The van der Waals surface area contributed by atoms with Gasteiger partial charge in [0, 0.05) is 17.9 Å². The van der Waals surface area contributed by atoms with Crippen molar-refractivity contribution in [2.24, 2.45) is 0 Å². The van der Waals surface area contributed by atoms with Crippen molar-refractivity contribution in [2.45, 2.75) is 22.7 Å². The van der Waals surface area contributed by atoms with Gasteiger partial charge in [0.05, 0.1) is 17.0 Å². The minimum Gasteiger partial charge on any atom is -0.387 e. The molecule has 0 radical (unpaired) electrons. The van der Waals surface area contributed by atoms with Gasteiger partial charge in [-0.05, 0) is 17.7 Å². The van der Waals surface area contributed by atoms with E-state index in [0.717, 1.165) is 16.1 Å². The van der Waals surface area contributed by atoms with E-state index in [4.69, 9.17) is 0 Å². The second-order valence-electron chi connectivity index (χ2n) is 5.53. The highest BCUT2D eigenvalue weighted by Gasteiger charge is 2.28. The number of benzene rings is 2. The van der Waals surface area contributed by atoms with E-state index in [0.29, 0.717) is 0 Å². The van der Waals surface area contributed by atoms with Gasteiger partial charge in [0.2, 0.25) is 11.8 Å². The third-order valence-electron chi connectivity index (χ3n) is 3.75. The summed E-state index contributed by atoms with van der Waals surface area (Å²) in [6, 6.07) is 16.7. The van der Waals surface area contributed by atoms with E-state index in [1.165, 1.54) is 11.8 Å². The van der Waals surface area contributed by atoms with E-state index in [1.807, 2.05) is 42.5 Å². The van der Waals surface area contributed by atoms with Crippen LogP contribution < -0.4 is 10.6 Å². The molecule has 2 amide bonds. The Morgan fingerprint density at radius 3 is 2.67 bits per heavy atom. The molecule has 0 spiro atoms. The van der Waals surface area contributed by atoms with Gasteiger partial charge in [0.25, 0.3) is 0 Å². The number of anilines is 1. The lowest BCUT2D eigenvalue weighted by atomic mass is 10.1. The molecule has 1 aliphatic rings. The van der Waals surface area contributed by atoms with Crippen LogP contribution in [0.4, 0.5) is 5.69 Å². The van der Waals surface area contributed by atoms with Crippen molar-refractivity contribution < 1.29 is 14.7 Å². The minimum atomic E-state index is -0.760. The van der Waals surface area contributed by atoms with Crippen molar-refractivity contribution in [2.75, 3.05) is 11.9 Å². The van der Waals surface area contributed by atoms with Crippen molar-refractivity contribution in [3.63, 3.8) is 0 Å². The van der Waals surface area contributed by atoms with Gasteiger partial charge in [-0.15, -0.1) is 11.8 Å². The van der Waals surface area contributed by atoms with Gasteiger partial charge in [-0.25, -0.2) is 0 Å². The van der Waals surface area contributed by atoms with Crippen LogP contribution in [0.15, 0.2) is 59.5 Å². The largest absolute Gasteiger partial charge is 0.387 e. The van der Waals surface area contributed by atoms with Crippen LogP contribution in [0, 0.1) is 0 Å². The molecule has 2 aromatic rings. The van der Waals surface area contributed by atoms with Crippen LogP contribution in [0.3, 0.4) is 0 Å². The summed E-state index contributed by atoms with van der Waals surface area (Å²) < 4.78 is 0. The number of carbonyl (C=O) groups excluding carboxylic acids is 2. The molecule has 3 rings (SSSR count). The quantitative estimate of drug-likeness (QED) is 0.779. The monoisotopic (exact) mass is 342 g/mol. The first kappa shape index (κ1) is 16.5. The van der Waals surface area contributed by atoms with Crippen LogP contribution in [-0.4, -0.2) is 28.7 Å². The van der Waals surface area contributed by atoms with Crippen LogP contribution in [0.5, 0.6) is 0 Å². The number of thioether (sulfide) groups is 1. The second-order valence-corrected chi connectivity index (χ2v) is 6.77. The molecule has 0 fully saturated rings. The Kier molecular flexibility index (Phi) is 5.17. The molecule has 0 aliphatic carbocycles. The maximum Gasteiger partial charge on any atom is 0.238 e. The Hall–Kier alpha value is -2.31. The third-order valence-corrected chi connectivity index (χ3v) is 5.03. The predicted octanol–water partition coefficient (Wildman–Crippen LogP) is 2.34. The van der Waals surface area contributed by atoms with Gasteiger partial charge in [0.15, 0.2) is 0 Å². The van der Waals surface area contributed by atoms with Crippen LogP contribution in [0.2, 0.25) is 0 Å². The Morgan fingerprint density at radius 2 is 1.88 bits per heavy atom. The van der Waals surface area contributed by atoms with Gasteiger partial charge in [-0.1, -0.05) is 42.5 Å². The van der Waals surface area contributed by atoms with E-state index in [-0.39, 0.29) is 24.8 Å². The fraction of sp³-hybridized carbons (Fsp3) is 0.222. The predicted molar refractivity (Wildman–Crippen MR) is 93.7 cm³/mol. The molecule has 0 aromatic heterocycles. The molecule has 1 heterocycles. The summed E-state index contributed by atoms with van der Waals surface area (Å²) in [7, 11) is 0. The molecular weight excluding hydrogens is 324 g/mol. The number of para-hydroxylation sites is 1. The Bertz CT molecular complexity index is 736. The lowest BCUT2D eigenvalue weighted by Gasteiger charge is -2.23. The fourth-order valence-electron chi connectivity index (χ4n) is 2.47. The molecule has 0 saturated carbocycles. The average molecular weight is 342 g/mol. The maximum absolute atomic E-state index is 12.1. The summed E-state index contributed by atoms with van der Waals surface area (Å²) in [6.07, 6.45) is -0.685. The van der Waals surface area contributed by atoms with Crippen molar-refractivity contribution in [3.05, 3.63) is 60.2 Å². The summed E-state index contributed by atoms with van der Waals surface area (Å²) in [5.74, 6) is -0.422. The molecule has 0 bridgehead atoms. The number of carbonyl (C=O) groups is 2. The zero-order chi connectivity index (χ0) is 16.9. The third kappa shape index (κ3) is 3.96. The molecule has 2 aromatic carbocycles. The maximum atomic E-state index is 12.1. The number of aliphatic hydroxyl groups excluding tert-OH is 1. The van der Waals surface area contributed by atoms with Crippen LogP contribution in [0.1, 0.15) is 18.1 Å². The molecular formula is C18H18N2O3S. The van der Waals surface area contributed by atoms with Crippen LogP contribution >= 0.6 is 11.8 Å². The molecule has 2 atom stereocenters. The molecule has 0 saturated heterocycles. The van der Waals surface area contributed by atoms with Crippen LogP contribution in [-0.2, 0) is 9.59 Å². The van der Waals surface area contributed by atoms with Crippen LogP contribution in [0.25, 0.3) is 0 Å². The van der Waals surface area contributed by atoms with Crippen molar-refractivity contribution in [1.82, 2.24) is 5.32 Å². The highest BCUT2D eigenvalue weighted by Crippen LogP contribution is 2.36. The summed E-state index contributed by atoms with van der Waals surface area (Å²) >= 11 is 1.39. The Labute approximate surface area is 144 Å². The van der Waals surface area contributed by atoms with Crippen molar-refractivity contribution in [3.8, 4) is 0 Å². The summed E-state index contributed by atoms with van der Waals surface area (Å²) in [6.45, 7) is 0.123. The SMILES string of the molecule is O=C(CC1Sc2ccccc2NC1=O)NCC(O)c1ccccc1. The highest BCUT2D eigenvalue weighted by molar-refractivity contribution is 8.01. The first-order valence-corrected chi connectivity index (χ1v) is 8.57. The van der Waals surface area contributed by atoms with Gasteiger partial charge < -0.3 is 15.7 Å². The lowest BCUT2D eigenvalue weighted by molar-refractivity contribution is -0.124. The lowest BCUT2D eigenvalue weighted by Crippen LogP contribution is -2.36. The number of amides is 2. The van der Waals surface area contributed by atoms with Gasteiger partial charge in [-0.2, -0.15) is 0 Å². The van der Waals surface area contributed by atoms with Gasteiger partial charge in [0.1, 0.15) is 0 Å². The van der Waals surface area contributed by atoms with Crippen molar-refractivity contribution >= 4 is 29.3 Å². The molecule has 6 heteroatoms. The number of fused-ring (bicyclic) bond motifs is 1.